The molecule has 2 aromatic heterocycles. The quantitative estimate of drug-likeness (QED) is 0.728. The van der Waals surface area contributed by atoms with Gasteiger partial charge in [0.1, 0.15) is 5.01 Å². The normalized spacial score (nSPS) is 11.3. The van der Waals surface area contributed by atoms with E-state index < -0.39 is 0 Å². The van der Waals surface area contributed by atoms with Gasteiger partial charge in [-0.25, -0.2) is 0 Å². The molecule has 0 radical (unpaired) electrons. The third kappa shape index (κ3) is 3.70. The van der Waals surface area contributed by atoms with Crippen molar-refractivity contribution >= 4 is 44.0 Å². The Morgan fingerprint density at radius 2 is 2.08 bits per heavy atom. The standard InChI is InChI=1S/C16H18N4O2S2/c1-10(2)14-18-19-16(23-14)17-13(21)8-5-9-20-15(22)11-6-3-4-7-12(11)24-20/h3-4,6-7,10H,5,8-9H2,1-2H3,(H,17,19,21). The van der Waals surface area contributed by atoms with Crippen LogP contribution in [0.4, 0.5) is 5.13 Å². The van der Waals surface area contributed by atoms with Crippen molar-refractivity contribution < 1.29 is 4.79 Å². The summed E-state index contributed by atoms with van der Waals surface area (Å²) < 4.78 is 2.68. The molecule has 0 fully saturated rings. The summed E-state index contributed by atoms with van der Waals surface area (Å²) in [5.74, 6) is 0.198. The number of anilines is 1. The van der Waals surface area contributed by atoms with Gasteiger partial charge in [0.15, 0.2) is 0 Å². The first kappa shape index (κ1) is 16.8. The van der Waals surface area contributed by atoms with E-state index >= 15 is 0 Å². The second-order valence-electron chi connectivity index (χ2n) is 5.75. The summed E-state index contributed by atoms with van der Waals surface area (Å²) in [6, 6.07) is 7.55. The average molecular weight is 362 g/mol. The lowest BCUT2D eigenvalue weighted by atomic mass is 10.2. The van der Waals surface area contributed by atoms with Crippen LogP contribution in [0, 0.1) is 0 Å². The number of carbonyl (C=O) groups excluding carboxylic acids is 1. The lowest BCUT2D eigenvalue weighted by Crippen LogP contribution is -2.16. The fourth-order valence-electron chi connectivity index (χ4n) is 2.25. The molecule has 6 nitrogen and oxygen atoms in total. The topological polar surface area (TPSA) is 76.9 Å². The van der Waals surface area contributed by atoms with Crippen LogP contribution in [-0.4, -0.2) is 20.1 Å². The fraction of sp³-hybridized carbons (Fsp3) is 0.375. The molecule has 126 valence electrons. The molecule has 8 heteroatoms. The molecule has 0 saturated carbocycles. The molecule has 0 unspecified atom stereocenters. The van der Waals surface area contributed by atoms with Crippen LogP contribution in [0.15, 0.2) is 29.1 Å². The lowest BCUT2D eigenvalue weighted by Gasteiger charge is -2.01. The third-order valence-corrected chi connectivity index (χ3v) is 5.76. The van der Waals surface area contributed by atoms with Crippen LogP contribution in [0.2, 0.25) is 0 Å². The van der Waals surface area contributed by atoms with Crippen LogP contribution in [-0.2, 0) is 11.3 Å². The Balaban J connectivity index is 1.54. The van der Waals surface area contributed by atoms with Gasteiger partial charge in [-0.2, -0.15) is 0 Å². The summed E-state index contributed by atoms with van der Waals surface area (Å²) in [5, 5.41) is 13.0. The van der Waals surface area contributed by atoms with Gasteiger partial charge in [-0.1, -0.05) is 48.8 Å². The van der Waals surface area contributed by atoms with E-state index in [4.69, 9.17) is 0 Å². The highest BCUT2D eigenvalue weighted by Gasteiger charge is 2.11. The van der Waals surface area contributed by atoms with Crippen molar-refractivity contribution in [2.45, 2.75) is 39.2 Å². The number of carbonyl (C=O) groups is 1. The molecule has 0 atom stereocenters. The number of aryl methyl sites for hydroxylation is 1. The number of aromatic nitrogens is 3. The minimum Gasteiger partial charge on any atom is -0.301 e. The van der Waals surface area contributed by atoms with Crippen molar-refractivity contribution in [1.82, 2.24) is 14.2 Å². The van der Waals surface area contributed by atoms with Crippen molar-refractivity contribution in [2.75, 3.05) is 5.32 Å². The Bertz CT molecular complexity index is 910. The van der Waals surface area contributed by atoms with Crippen LogP contribution in [0.25, 0.3) is 10.1 Å². The van der Waals surface area contributed by atoms with Gasteiger partial charge < -0.3 is 5.32 Å². The lowest BCUT2D eigenvalue weighted by molar-refractivity contribution is -0.116. The summed E-state index contributed by atoms with van der Waals surface area (Å²) in [5.41, 5.74) is 0.0155. The molecule has 2 heterocycles. The minimum absolute atomic E-state index is 0.0155. The summed E-state index contributed by atoms with van der Waals surface area (Å²) in [6.07, 6.45) is 0.950. The first-order chi connectivity index (χ1) is 11.5. The Labute approximate surface area is 147 Å². The van der Waals surface area contributed by atoms with Gasteiger partial charge in [0.05, 0.1) is 10.1 Å². The van der Waals surface area contributed by atoms with E-state index in [0.29, 0.717) is 30.4 Å². The molecule has 3 aromatic rings. The SMILES string of the molecule is CC(C)c1nnc(NC(=O)CCCn2sc3ccccc3c2=O)s1. The number of nitrogens with one attached hydrogen (secondary N) is 1. The van der Waals surface area contributed by atoms with E-state index in [1.165, 1.54) is 22.9 Å². The highest BCUT2D eigenvalue weighted by molar-refractivity contribution is 7.15. The van der Waals surface area contributed by atoms with Gasteiger partial charge in [-0.05, 0) is 18.6 Å². The molecule has 1 amide bonds. The van der Waals surface area contributed by atoms with E-state index in [2.05, 4.69) is 15.5 Å². The monoisotopic (exact) mass is 362 g/mol. The molecule has 0 aliphatic heterocycles. The number of amides is 1. The zero-order valence-electron chi connectivity index (χ0n) is 13.5. The maximum atomic E-state index is 12.2. The van der Waals surface area contributed by atoms with Gasteiger partial charge in [0.2, 0.25) is 11.0 Å². The number of benzene rings is 1. The van der Waals surface area contributed by atoms with Gasteiger partial charge in [-0.3, -0.25) is 13.5 Å². The number of rotatable bonds is 6. The predicted molar refractivity (Wildman–Crippen MR) is 97.9 cm³/mol. The highest BCUT2D eigenvalue weighted by Crippen LogP contribution is 2.22. The summed E-state index contributed by atoms with van der Waals surface area (Å²) in [4.78, 5) is 24.2. The van der Waals surface area contributed by atoms with Crippen molar-refractivity contribution in [3.05, 3.63) is 39.6 Å². The maximum absolute atomic E-state index is 12.2. The van der Waals surface area contributed by atoms with E-state index in [-0.39, 0.29) is 11.5 Å². The number of hydrogen-bond acceptors (Lipinski definition) is 6. The predicted octanol–water partition coefficient (Wildman–Crippen LogP) is 3.46. The first-order valence-electron chi connectivity index (χ1n) is 7.76. The second-order valence-corrected chi connectivity index (χ2v) is 7.82. The van der Waals surface area contributed by atoms with Crippen LogP contribution >= 0.6 is 22.9 Å². The molecule has 0 aliphatic rings. The molecule has 0 spiro atoms. The van der Waals surface area contributed by atoms with Gasteiger partial charge in [-0.15, -0.1) is 10.2 Å². The number of fused-ring (bicyclic) bond motifs is 1. The van der Waals surface area contributed by atoms with E-state index in [1.807, 2.05) is 38.1 Å². The Kier molecular flexibility index (Phi) is 5.06. The van der Waals surface area contributed by atoms with Crippen LogP contribution in [0.1, 0.15) is 37.6 Å². The summed E-state index contributed by atoms with van der Waals surface area (Å²) in [6.45, 7) is 4.61. The van der Waals surface area contributed by atoms with Crippen molar-refractivity contribution in [3.63, 3.8) is 0 Å². The van der Waals surface area contributed by atoms with Gasteiger partial charge >= 0.3 is 0 Å². The van der Waals surface area contributed by atoms with Crippen molar-refractivity contribution in [1.29, 1.82) is 0 Å². The van der Waals surface area contributed by atoms with Crippen molar-refractivity contribution in [3.8, 4) is 0 Å². The summed E-state index contributed by atoms with van der Waals surface area (Å²) in [7, 11) is 0. The highest BCUT2D eigenvalue weighted by atomic mass is 32.1. The molecular formula is C16H18N4O2S2. The van der Waals surface area contributed by atoms with Crippen LogP contribution < -0.4 is 10.9 Å². The Morgan fingerprint density at radius 3 is 2.79 bits per heavy atom. The average Bonchev–Trinajstić information content (AvgIpc) is 3.13. The fourth-order valence-corrected chi connectivity index (χ4v) is 4.04. The molecule has 0 saturated heterocycles. The van der Waals surface area contributed by atoms with Crippen molar-refractivity contribution in [2.24, 2.45) is 0 Å². The molecule has 1 N–H and O–H groups in total. The smallest absolute Gasteiger partial charge is 0.268 e. The molecule has 1 aromatic carbocycles. The van der Waals surface area contributed by atoms with E-state index in [0.717, 1.165) is 15.1 Å². The van der Waals surface area contributed by atoms with Crippen LogP contribution in [0.3, 0.4) is 0 Å². The summed E-state index contributed by atoms with van der Waals surface area (Å²) >= 11 is 2.84. The van der Waals surface area contributed by atoms with E-state index in [1.54, 1.807) is 3.96 Å². The maximum Gasteiger partial charge on any atom is 0.268 e. The molecule has 0 bridgehead atoms. The largest absolute Gasteiger partial charge is 0.301 e. The van der Waals surface area contributed by atoms with E-state index in [9.17, 15) is 9.59 Å². The first-order valence-corrected chi connectivity index (χ1v) is 9.35. The molecule has 3 rings (SSSR count). The minimum atomic E-state index is -0.101. The molecule has 0 aliphatic carbocycles. The molecular weight excluding hydrogens is 344 g/mol. The second kappa shape index (κ2) is 7.23. The Morgan fingerprint density at radius 1 is 1.29 bits per heavy atom. The van der Waals surface area contributed by atoms with Crippen LogP contribution in [0.5, 0.6) is 0 Å². The Hall–Kier alpha value is -2.06. The van der Waals surface area contributed by atoms with Gasteiger partial charge in [0.25, 0.3) is 5.56 Å². The zero-order valence-corrected chi connectivity index (χ0v) is 15.1. The molecule has 24 heavy (non-hydrogen) atoms. The number of nitrogens with zero attached hydrogens (tertiary/aromatic N) is 3. The van der Waals surface area contributed by atoms with Gasteiger partial charge in [0, 0.05) is 18.9 Å². The number of hydrogen-bond donors (Lipinski definition) is 1. The zero-order chi connectivity index (χ0) is 17.1. The third-order valence-electron chi connectivity index (χ3n) is 3.50.